The number of anilines is 1. The molecule has 0 unspecified atom stereocenters. The van der Waals surface area contributed by atoms with E-state index < -0.39 is 0 Å². The normalized spacial score (nSPS) is 9.50. The van der Waals surface area contributed by atoms with Crippen molar-refractivity contribution < 1.29 is 0 Å². The molecule has 2 heteroatoms. The van der Waals surface area contributed by atoms with Crippen LogP contribution in [0.25, 0.3) is 0 Å². The fourth-order valence-corrected chi connectivity index (χ4v) is 1.18. The van der Waals surface area contributed by atoms with Gasteiger partial charge in [0.1, 0.15) is 0 Å². The minimum Gasteiger partial charge on any atom is -0.388 e. The highest BCUT2D eigenvalue weighted by Gasteiger charge is 1.98. The van der Waals surface area contributed by atoms with Crippen LogP contribution in [0, 0.1) is 0 Å². The van der Waals surface area contributed by atoms with E-state index >= 15 is 0 Å². The highest BCUT2D eigenvalue weighted by Crippen LogP contribution is 2.22. The first-order valence-electron chi connectivity index (χ1n) is 4.09. The lowest BCUT2D eigenvalue weighted by molar-refractivity contribution is 1.13. The summed E-state index contributed by atoms with van der Waals surface area (Å²) in [7, 11) is 1.91. The number of hydrogen-bond acceptors (Lipinski definition) is 2. The molecule has 0 aliphatic heterocycles. The van der Waals surface area contributed by atoms with Gasteiger partial charge in [0.05, 0.1) is 5.69 Å². The maximum Gasteiger partial charge on any atom is 0.0655 e. The largest absolute Gasteiger partial charge is 0.388 e. The number of hydrogen-bond donors (Lipinski definition) is 1. The number of nitrogens with one attached hydrogen (secondary N) is 1. The molecule has 2 nitrogen and oxygen atoms in total. The predicted octanol–water partition coefficient (Wildman–Crippen LogP) is 2.62. The van der Waals surface area contributed by atoms with Crippen LogP contribution in [0.5, 0.6) is 0 Å². The maximum atomic E-state index is 3.94. The van der Waals surface area contributed by atoms with Crippen LogP contribution in [0.1, 0.15) is 12.5 Å². The molecule has 0 spiro atoms. The van der Waals surface area contributed by atoms with E-state index in [1.807, 2.05) is 19.2 Å². The van der Waals surface area contributed by atoms with E-state index in [-0.39, 0.29) is 0 Å². The van der Waals surface area contributed by atoms with Gasteiger partial charge in [-0.05, 0) is 36.9 Å². The van der Waals surface area contributed by atoms with Crippen molar-refractivity contribution in [2.75, 3.05) is 12.4 Å². The van der Waals surface area contributed by atoms with E-state index in [4.69, 9.17) is 0 Å². The molecule has 0 amide bonds. The van der Waals surface area contributed by atoms with Gasteiger partial charge < -0.3 is 5.32 Å². The lowest BCUT2D eigenvalue weighted by Crippen LogP contribution is -1.89. The van der Waals surface area contributed by atoms with Crippen LogP contribution in [0.2, 0.25) is 0 Å². The van der Waals surface area contributed by atoms with Crippen LogP contribution in [0.15, 0.2) is 23.2 Å². The molecule has 0 saturated heterocycles. The monoisotopic (exact) mass is 162 g/mol. The average molecular weight is 162 g/mol. The maximum absolute atomic E-state index is 3.94. The Morgan fingerprint density at radius 1 is 1.50 bits per heavy atom. The van der Waals surface area contributed by atoms with Crippen LogP contribution in [-0.4, -0.2) is 13.8 Å². The molecule has 0 aliphatic rings. The highest BCUT2D eigenvalue weighted by atomic mass is 14.8. The van der Waals surface area contributed by atoms with Crippen molar-refractivity contribution in [3.05, 3.63) is 23.8 Å². The van der Waals surface area contributed by atoms with Gasteiger partial charge in [-0.15, -0.1) is 0 Å². The molecule has 1 aromatic carbocycles. The van der Waals surface area contributed by atoms with Gasteiger partial charge in [0.25, 0.3) is 0 Å². The van der Waals surface area contributed by atoms with Gasteiger partial charge in [-0.25, -0.2) is 0 Å². The number of aliphatic imine (C=N–C) groups is 1. The SMILES string of the molecule is C=Nc1ccc(NC)cc1CC. The second kappa shape index (κ2) is 3.90. The second-order valence-corrected chi connectivity index (χ2v) is 2.61. The predicted molar refractivity (Wildman–Crippen MR) is 54.6 cm³/mol. The zero-order chi connectivity index (χ0) is 8.97. The fourth-order valence-electron chi connectivity index (χ4n) is 1.18. The molecular formula is C10H14N2. The molecule has 0 radical (unpaired) electrons. The lowest BCUT2D eigenvalue weighted by Gasteiger charge is -2.05. The van der Waals surface area contributed by atoms with Crippen molar-refractivity contribution in [1.82, 2.24) is 0 Å². The first-order valence-corrected chi connectivity index (χ1v) is 4.09. The summed E-state index contributed by atoms with van der Waals surface area (Å²) in [5.41, 5.74) is 3.34. The van der Waals surface area contributed by atoms with Crippen molar-refractivity contribution >= 4 is 18.1 Å². The Morgan fingerprint density at radius 3 is 2.75 bits per heavy atom. The summed E-state index contributed by atoms with van der Waals surface area (Å²) in [5.74, 6) is 0. The minimum atomic E-state index is 0.983. The van der Waals surface area contributed by atoms with Gasteiger partial charge in [-0.1, -0.05) is 6.92 Å². The number of rotatable bonds is 3. The van der Waals surface area contributed by atoms with Gasteiger partial charge in [-0.2, -0.15) is 0 Å². The Balaban J connectivity index is 3.10. The topological polar surface area (TPSA) is 24.4 Å². The molecule has 0 saturated carbocycles. The molecule has 0 fully saturated rings. The summed E-state index contributed by atoms with van der Waals surface area (Å²) < 4.78 is 0. The Kier molecular flexibility index (Phi) is 2.86. The lowest BCUT2D eigenvalue weighted by atomic mass is 10.1. The Labute approximate surface area is 73.3 Å². The molecule has 12 heavy (non-hydrogen) atoms. The third-order valence-electron chi connectivity index (χ3n) is 1.92. The van der Waals surface area contributed by atoms with Gasteiger partial charge >= 0.3 is 0 Å². The molecule has 1 N–H and O–H groups in total. The van der Waals surface area contributed by atoms with Crippen LogP contribution >= 0.6 is 0 Å². The van der Waals surface area contributed by atoms with Crippen molar-refractivity contribution in [1.29, 1.82) is 0 Å². The van der Waals surface area contributed by atoms with E-state index in [2.05, 4.69) is 30.0 Å². The molecule has 0 atom stereocenters. The first kappa shape index (κ1) is 8.78. The summed E-state index contributed by atoms with van der Waals surface area (Å²) >= 11 is 0. The molecule has 1 aromatic rings. The third kappa shape index (κ3) is 1.64. The highest BCUT2D eigenvalue weighted by molar-refractivity contribution is 5.59. The second-order valence-electron chi connectivity index (χ2n) is 2.61. The Bertz CT molecular complexity index is 279. The van der Waals surface area contributed by atoms with Crippen molar-refractivity contribution in [3.63, 3.8) is 0 Å². The van der Waals surface area contributed by atoms with E-state index in [1.165, 1.54) is 5.56 Å². The molecule has 0 bridgehead atoms. The van der Waals surface area contributed by atoms with Gasteiger partial charge in [0.2, 0.25) is 0 Å². The smallest absolute Gasteiger partial charge is 0.0655 e. The van der Waals surface area contributed by atoms with Crippen molar-refractivity contribution in [2.24, 2.45) is 4.99 Å². The third-order valence-corrected chi connectivity index (χ3v) is 1.92. The summed E-state index contributed by atoms with van der Waals surface area (Å²) in [6, 6.07) is 6.09. The van der Waals surface area contributed by atoms with E-state index in [0.717, 1.165) is 17.8 Å². The van der Waals surface area contributed by atoms with Crippen LogP contribution in [0.3, 0.4) is 0 Å². The molecule has 1 rings (SSSR count). The summed E-state index contributed by atoms with van der Waals surface area (Å²) in [5, 5.41) is 3.09. The summed E-state index contributed by atoms with van der Waals surface area (Å²) in [6.45, 7) is 5.64. The van der Waals surface area contributed by atoms with Gasteiger partial charge in [-0.3, -0.25) is 4.99 Å². The Morgan fingerprint density at radius 2 is 2.25 bits per heavy atom. The number of nitrogens with zero attached hydrogens (tertiary/aromatic N) is 1. The van der Waals surface area contributed by atoms with E-state index in [9.17, 15) is 0 Å². The van der Waals surface area contributed by atoms with Crippen molar-refractivity contribution in [3.8, 4) is 0 Å². The quantitative estimate of drug-likeness (QED) is 0.679. The van der Waals surface area contributed by atoms with Gasteiger partial charge in [0, 0.05) is 12.7 Å². The standard InChI is InChI=1S/C10H14N2/c1-4-8-7-9(11-2)5-6-10(8)12-3/h5-7,11H,3-4H2,1-2H3. The summed E-state index contributed by atoms with van der Waals surface area (Å²) in [6.07, 6.45) is 0.990. The summed E-state index contributed by atoms with van der Waals surface area (Å²) in [4.78, 5) is 3.94. The van der Waals surface area contributed by atoms with Crippen LogP contribution < -0.4 is 5.32 Å². The first-order chi connectivity index (χ1) is 5.81. The van der Waals surface area contributed by atoms with E-state index in [1.54, 1.807) is 0 Å². The molecule has 0 aliphatic carbocycles. The van der Waals surface area contributed by atoms with E-state index in [0.29, 0.717) is 0 Å². The zero-order valence-corrected chi connectivity index (χ0v) is 7.59. The fraction of sp³-hybridized carbons (Fsp3) is 0.300. The zero-order valence-electron chi connectivity index (χ0n) is 7.59. The van der Waals surface area contributed by atoms with Crippen LogP contribution in [0.4, 0.5) is 11.4 Å². The average Bonchev–Trinajstić information content (AvgIpc) is 2.16. The minimum absolute atomic E-state index is 0.983. The number of aryl methyl sites for hydroxylation is 1. The molecular weight excluding hydrogens is 148 g/mol. The van der Waals surface area contributed by atoms with Crippen LogP contribution in [-0.2, 0) is 6.42 Å². The molecule has 0 aromatic heterocycles. The Hall–Kier alpha value is -1.31. The van der Waals surface area contributed by atoms with Gasteiger partial charge in [0.15, 0.2) is 0 Å². The molecule has 64 valence electrons. The molecule has 0 heterocycles. The van der Waals surface area contributed by atoms with Crippen molar-refractivity contribution in [2.45, 2.75) is 13.3 Å². The number of benzene rings is 1.